The van der Waals surface area contributed by atoms with Gasteiger partial charge < -0.3 is 24.8 Å². The first-order valence-electron chi connectivity index (χ1n) is 8.92. The molecule has 1 aromatic carbocycles. The van der Waals surface area contributed by atoms with Crippen LogP contribution in [-0.4, -0.2) is 61.6 Å². The molecule has 0 bridgehead atoms. The van der Waals surface area contributed by atoms with Crippen LogP contribution in [0.1, 0.15) is 29.6 Å². The van der Waals surface area contributed by atoms with Crippen molar-refractivity contribution in [3.05, 3.63) is 23.8 Å². The summed E-state index contributed by atoms with van der Waals surface area (Å²) in [5, 5.41) is 12.2. The number of benzene rings is 1. The standard InChI is InChI=1S/C19H24N2O6/c1-26-14-6-5-12(8-15(14)27-2)17(23)20-9-16(22)21-10-13-4-3-7-19(13,11-21)18(24)25/h5-6,8,13H,3-4,7,9-11H2,1-2H3,(H,20,23)(H,24,25)/t13-,19+/m0/s1. The number of hydrogen-bond acceptors (Lipinski definition) is 5. The minimum absolute atomic E-state index is 0.000464. The summed E-state index contributed by atoms with van der Waals surface area (Å²) in [5.41, 5.74) is -0.469. The summed E-state index contributed by atoms with van der Waals surface area (Å²) < 4.78 is 10.3. The number of nitrogens with one attached hydrogen (secondary N) is 1. The van der Waals surface area contributed by atoms with E-state index >= 15 is 0 Å². The molecule has 1 aromatic rings. The lowest BCUT2D eigenvalue weighted by Gasteiger charge is -2.23. The monoisotopic (exact) mass is 376 g/mol. The Hall–Kier alpha value is -2.77. The third-order valence-electron chi connectivity index (χ3n) is 5.70. The third kappa shape index (κ3) is 3.43. The zero-order valence-corrected chi connectivity index (χ0v) is 15.5. The molecule has 1 saturated carbocycles. The van der Waals surface area contributed by atoms with Crippen molar-refractivity contribution in [2.75, 3.05) is 33.9 Å². The molecule has 0 unspecified atom stereocenters. The van der Waals surface area contributed by atoms with Gasteiger partial charge in [-0.15, -0.1) is 0 Å². The van der Waals surface area contributed by atoms with Gasteiger partial charge in [0.1, 0.15) is 0 Å². The van der Waals surface area contributed by atoms with E-state index in [1.54, 1.807) is 17.0 Å². The number of carboxylic acid groups (broad SMARTS) is 1. The first-order valence-corrected chi connectivity index (χ1v) is 8.92. The summed E-state index contributed by atoms with van der Waals surface area (Å²) in [7, 11) is 2.98. The molecule has 8 heteroatoms. The van der Waals surface area contributed by atoms with Crippen LogP contribution in [0.3, 0.4) is 0 Å². The van der Waals surface area contributed by atoms with Crippen molar-refractivity contribution in [1.29, 1.82) is 0 Å². The molecule has 0 spiro atoms. The highest BCUT2D eigenvalue weighted by Crippen LogP contribution is 2.48. The number of carbonyl (C=O) groups excluding carboxylic acids is 2. The summed E-state index contributed by atoms with van der Waals surface area (Å²) in [6, 6.07) is 4.74. The average molecular weight is 376 g/mol. The molecule has 3 rings (SSSR count). The Morgan fingerprint density at radius 3 is 2.63 bits per heavy atom. The van der Waals surface area contributed by atoms with Crippen LogP contribution in [-0.2, 0) is 9.59 Å². The van der Waals surface area contributed by atoms with Crippen molar-refractivity contribution >= 4 is 17.8 Å². The molecule has 8 nitrogen and oxygen atoms in total. The van der Waals surface area contributed by atoms with E-state index in [0.29, 0.717) is 30.0 Å². The number of rotatable bonds is 6. The van der Waals surface area contributed by atoms with Crippen LogP contribution in [0.15, 0.2) is 18.2 Å². The quantitative estimate of drug-likeness (QED) is 0.772. The minimum Gasteiger partial charge on any atom is -0.493 e. The highest BCUT2D eigenvalue weighted by molar-refractivity contribution is 5.97. The first-order chi connectivity index (χ1) is 12.9. The van der Waals surface area contributed by atoms with E-state index in [2.05, 4.69) is 5.32 Å². The van der Waals surface area contributed by atoms with Crippen molar-refractivity contribution in [3.8, 4) is 11.5 Å². The number of amides is 2. The summed E-state index contributed by atoms with van der Waals surface area (Å²) >= 11 is 0. The van der Waals surface area contributed by atoms with E-state index in [4.69, 9.17) is 9.47 Å². The van der Waals surface area contributed by atoms with Crippen LogP contribution >= 0.6 is 0 Å². The van der Waals surface area contributed by atoms with Crippen LogP contribution in [0.2, 0.25) is 0 Å². The predicted molar refractivity (Wildman–Crippen MR) is 95.9 cm³/mol. The molecule has 2 fully saturated rings. The molecule has 1 heterocycles. The number of aliphatic carboxylic acids is 1. The Labute approximate surface area is 157 Å². The lowest BCUT2D eigenvalue weighted by Crippen LogP contribution is -2.41. The van der Waals surface area contributed by atoms with Gasteiger partial charge in [-0.3, -0.25) is 14.4 Å². The number of likely N-dealkylation sites (tertiary alicyclic amines) is 1. The minimum atomic E-state index is -0.824. The van der Waals surface area contributed by atoms with Gasteiger partial charge in [-0.05, 0) is 37.0 Å². The largest absolute Gasteiger partial charge is 0.493 e. The molecular weight excluding hydrogens is 352 g/mol. The molecule has 27 heavy (non-hydrogen) atoms. The van der Waals surface area contributed by atoms with Crippen LogP contribution in [0.4, 0.5) is 0 Å². The number of methoxy groups -OCH3 is 2. The maximum atomic E-state index is 12.5. The van der Waals surface area contributed by atoms with E-state index < -0.39 is 17.3 Å². The van der Waals surface area contributed by atoms with Crippen LogP contribution in [0.5, 0.6) is 11.5 Å². The lowest BCUT2D eigenvalue weighted by atomic mass is 9.81. The van der Waals surface area contributed by atoms with Crippen molar-refractivity contribution in [2.45, 2.75) is 19.3 Å². The molecule has 2 aliphatic rings. The number of ether oxygens (including phenoxy) is 2. The van der Waals surface area contributed by atoms with Crippen molar-refractivity contribution in [1.82, 2.24) is 10.2 Å². The van der Waals surface area contributed by atoms with Gasteiger partial charge in [-0.2, -0.15) is 0 Å². The fourth-order valence-corrected chi connectivity index (χ4v) is 4.18. The summed E-state index contributed by atoms with van der Waals surface area (Å²) in [5.74, 6) is -0.564. The maximum Gasteiger partial charge on any atom is 0.311 e. The average Bonchev–Trinajstić information content (AvgIpc) is 3.23. The van der Waals surface area contributed by atoms with Crippen molar-refractivity contribution in [2.24, 2.45) is 11.3 Å². The van der Waals surface area contributed by atoms with Crippen molar-refractivity contribution in [3.63, 3.8) is 0 Å². The third-order valence-corrected chi connectivity index (χ3v) is 5.70. The summed E-state index contributed by atoms with van der Waals surface area (Å²) in [6.07, 6.45) is 2.32. The molecule has 1 aliphatic carbocycles. The summed E-state index contributed by atoms with van der Waals surface area (Å²) in [4.78, 5) is 38.1. The van der Waals surface area contributed by atoms with Gasteiger partial charge in [0.2, 0.25) is 5.91 Å². The van der Waals surface area contributed by atoms with Gasteiger partial charge in [0.15, 0.2) is 11.5 Å². The van der Waals surface area contributed by atoms with Gasteiger partial charge in [0.25, 0.3) is 5.91 Å². The van der Waals surface area contributed by atoms with Gasteiger partial charge in [0.05, 0.1) is 26.2 Å². The van der Waals surface area contributed by atoms with Gasteiger partial charge in [-0.1, -0.05) is 6.42 Å². The molecule has 2 N–H and O–H groups in total. The molecule has 1 saturated heterocycles. The number of hydrogen-bond donors (Lipinski definition) is 2. The summed E-state index contributed by atoms with van der Waals surface area (Å²) in [6.45, 7) is 0.491. The van der Waals surface area contributed by atoms with Crippen LogP contribution in [0, 0.1) is 11.3 Å². The van der Waals surface area contributed by atoms with Crippen molar-refractivity contribution < 1.29 is 29.0 Å². The molecular formula is C19H24N2O6. The van der Waals surface area contributed by atoms with Gasteiger partial charge in [0, 0.05) is 18.7 Å². The zero-order chi connectivity index (χ0) is 19.6. The fraction of sp³-hybridized carbons (Fsp3) is 0.526. The second kappa shape index (κ2) is 7.46. The SMILES string of the molecule is COc1ccc(C(=O)NCC(=O)N2C[C@@H]3CCC[C@@]3(C(=O)O)C2)cc1OC. The Balaban J connectivity index is 1.60. The number of carbonyl (C=O) groups is 3. The number of fused-ring (bicyclic) bond motifs is 1. The normalized spacial score (nSPS) is 23.6. The van der Waals surface area contributed by atoms with E-state index in [1.807, 2.05) is 0 Å². The molecule has 0 radical (unpaired) electrons. The molecule has 146 valence electrons. The Bertz CT molecular complexity index is 765. The van der Waals surface area contributed by atoms with Gasteiger partial charge >= 0.3 is 5.97 Å². The second-order valence-electron chi connectivity index (χ2n) is 7.08. The Morgan fingerprint density at radius 2 is 2.00 bits per heavy atom. The lowest BCUT2D eigenvalue weighted by molar-refractivity contribution is -0.149. The Kier molecular flexibility index (Phi) is 5.25. The topological polar surface area (TPSA) is 105 Å². The smallest absolute Gasteiger partial charge is 0.311 e. The number of carboxylic acids is 1. The second-order valence-corrected chi connectivity index (χ2v) is 7.08. The molecule has 2 amide bonds. The van der Waals surface area contributed by atoms with Crippen LogP contribution in [0.25, 0.3) is 0 Å². The van der Waals surface area contributed by atoms with E-state index in [1.165, 1.54) is 20.3 Å². The predicted octanol–water partition coefficient (Wildman–Crippen LogP) is 1.15. The first kappa shape index (κ1) is 19.0. The van der Waals surface area contributed by atoms with Crippen LogP contribution < -0.4 is 14.8 Å². The number of nitrogens with zero attached hydrogens (tertiary/aromatic N) is 1. The molecule has 1 aliphatic heterocycles. The Morgan fingerprint density at radius 1 is 1.26 bits per heavy atom. The fourth-order valence-electron chi connectivity index (χ4n) is 4.18. The zero-order valence-electron chi connectivity index (χ0n) is 15.5. The molecule has 0 aromatic heterocycles. The van der Waals surface area contributed by atoms with Gasteiger partial charge in [-0.25, -0.2) is 0 Å². The molecule has 2 atom stereocenters. The highest BCUT2D eigenvalue weighted by Gasteiger charge is 2.55. The van der Waals surface area contributed by atoms with E-state index in [-0.39, 0.29) is 24.9 Å². The highest BCUT2D eigenvalue weighted by atomic mass is 16.5. The maximum absolute atomic E-state index is 12.5. The van der Waals surface area contributed by atoms with E-state index in [9.17, 15) is 19.5 Å². The van der Waals surface area contributed by atoms with E-state index in [0.717, 1.165) is 12.8 Å².